The Morgan fingerprint density at radius 1 is 0.857 bits per heavy atom. The van der Waals surface area contributed by atoms with Gasteiger partial charge < -0.3 is 4.74 Å². The summed E-state index contributed by atoms with van der Waals surface area (Å²) in [6.07, 6.45) is -0.193. The van der Waals surface area contributed by atoms with E-state index in [2.05, 4.69) is 0 Å². The number of anilines is 1. The van der Waals surface area contributed by atoms with Crippen molar-refractivity contribution in [2.75, 3.05) is 4.90 Å². The number of hydrogen-bond acceptors (Lipinski definition) is 5. The molecule has 0 unspecified atom stereocenters. The number of carbonyl (C=O) groups excluding carboxylic acids is 4. The number of imide groups is 1. The molecule has 1 spiro atoms. The molecule has 3 atom stereocenters. The normalized spacial score (nSPS) is 24.4. The predicted octanol–water partition coefficient (Wildman–Crippen LogP) is 4.08. The lowest BCUT2D eigenvalue weighted by molar-refractivity contribution is -0.127. The average molecular weight is 469 g/mol. The summed E-state index contributed by atoms with van der Waals surface area (Å²) in [5.41, 5.74) is -0.0935. The van der Waals surface area contributed by atoms with Crippen LogP contribution in [0.1, 0.15) is 44.9 Å². The van der Waals surface area contributed by atoms with Gasteiger partial charge in [0.05, 0.1) is 23.6 Å². The minimum atomic E-state index is -2.14. The molecule has 0 aromatic heterocycles. The summed E-state index contributed by atoms with van der Waals surface area (Å²) in [5, 5.41) is 0. The number of amides is 2. The minimum Gasteiger partial charge on any atom is -0.349 e. The third-order valence-corrected chi connectivity index (χ3v) is 7.30. The van der Waals surface area contributed by atoms with Crippen LogP contribution in [-0.2, 0) is 20.7 Å². The first-order valence-corrected chi connectivity index (χ1v) is 11.5. The lowest BCUT2D eigenvalue weighted by Gasteiger charge is -2.27. The lowest BCUT2D eigenvalue weighted by Crippen LogP contribution is -2.51. The van der Waals surface area contributed by atoms with Crippen molar-refractivity contribution in [1.29, 1.82) is 0 Å². The number of rotatable bonds is 3. The Balaban J connectivity index is 1.53. The smallest absolute Gasteiger partial charge is 0.241 e. The number of nitrogens with zero attached hydrogens (tertiary/aromatic N) is 1. The lowest BCUT2D eigenvalue weighted by atomic mass is 9.77. The van der Waals surface area contributed by atoms with Crippen LogP contribution < -0.4 is 4.90 Å². The monoisotopic (exact) mass is 469 g/mol. The fraction of sp³-hybridized carbons (Fsp3) is 0.214. The summed E-state index contributed by atoms with van der Waals surface area (Å²) in [6.45, 7) is 2.01. The molecular formula is C28H20FNO5. The zero-order valence-corrected chi connectivity index (χ0v) is 18.7. The maximum atomic E-state index is 14.0. The van der Waals surface area contributed by atoms with E-state index < -0.39 is 52.7 Å². The summed E-state index contributed by atoms with van der Waals surface area (Å²) in [5.74, 6) is -5.69. The van der Waals surface area contributed by atoms with E-state index in [1.54, 1.807) is 24.3 Å². The quantitative estimate of drug-likeness (QED) is 0.427. The Labute approximate surface area is 200 Å². The highest BCUT2D eigenvalue weighted by molar-refractivity contribution is 6.37. The van der Waals surface area contributed by atoms with Gasteiger partial charge in [0.25, 0.3) is 0 Å². The van der Waals surface area contributed by atoms with Gasteiger partial charge in [-0.1, -0.05) is 61.5 Å². The van der Waals surface area contributed by atoms with E-state index in [9.17, 15) is 23.6 Å². The van der Waals surface area contributed by atoms with Gasteiger partial charge in [0.1, 0.15) is 5.82 Å². The molecule has 0 radical (unpaired) electrons. The summed E-state index contributed by atoms with van der Waals surface area (Å²) >= 11 is 0. The Hall–Kier alpha value is -3.97. The third-order valence-electron chi connectivity index (χ3n) is 7.30. The highest BCUT2D eigenvalue weighted by Gasteiger charge is 2.74. The fourth-order valence-electron chi connectivity index (χ4n) is 5.63. The SMILES string of the molecule is CCc1ccc([C@H]2OC3(C(=O)c4ccccc4C3=O)[C@@H]3C(=O)N(c4cccc(F)c4)C(=O)[C@@H]23)cc1. The van der Waals surface area contributed by atoms with Crippen LogP contribution in [0, 0.1) is 17.7 Å². The molecule has 3 aromatic rings. The topological polar surface area (TPSA) is 80.8 Å². The first kappa shape index (κ1) is 21.6. The molecule has 0 bridgehead atoms. The summed E-state index contributed by atoms with van der Waals surface area (Å²) in [6, 6.07) is 18.8. The number of aryl methyl sites for hydroxylation is 1. The van der Waals surface area contributed by atoms with Crippen LogP contribution >= 0.6 is 0 Å². The number of Topliss-reactive ketones (excluding diaryl/α,β-unsaturated/α-hetero) is 2. The Kier molecular flexibility index (Phi) is 4.63. The zero-order valence-electron chi connectivity index (χ0n) is 18.7. The van der Waals surface area contributed by atoms with Gasteiger partial charge in [-0.05, 0) is 35.7 Å². The maximum Gasteiger partial charge on any atom is 0.241 e. The van der Waals surface area contributed by atoms with Gasteiger partial charge in [-0.2, -0.15) is 0 Å². The summed E-state index contributed by atoms with van der Waals surface area (Å²) in [4.78, 5) is 55.8. The van der Waals surface area contributed by atoms with Crippen LogP contribution in [0.3, 0.4) is 0 Å². The average Bonchev–Trinajstić information content (AvgIpc) is 3.44. The third kappa shape index (κ3) is 2.79. The molecule has 0 N–H and O–H groups in total. The van der Waals surface area contributed by atoms with Gasteiger partial charge in [-0.15, -0.1) is 0 Å². The highest BCUT2D eigenvalue weighted by atomic mass is 19.1. The van der Waals surface area contributed by atoms with E-state index >= 15 is 0 Å². The molecule has 2 aliphatic heterocycles. The highest BCUT2D eigenvalue weighted by Crippen LogP contribution is 2.57. The molecular weight excluding hydrogens is 449 g/mol. The fourth-order valence-corrected chi connectivity index (χ4v) is 5.63. The number of ketones is 2. The van der Waals surface area contributed by atoms with Gasteiger partial charge in [0, 0.05) is 11.1 Å². The van der Waals surface area contributed by atoms with Gasteiger partial charge in [-0.3, -0.25) is 19.2 Å². The minimum absolute atomic E-state index is 0.0556. The largest absolute Gasteiger partial charge is 0.349 e. The van der Waals surface area contributed by atoms with Crippen molar-refractivity contribution in [3.8, 4) is 0 Å². The van der Waals surface area contributed by atoms with Crippen molar-refractivity contribution in [2.24, 2.45) is 11.8 Å². The van der Waals surface area contributed by atoms with Crippen LogP contribution in [0.25, 0.3) is 0 Å². The predicted molar refractivity (Wildman–Crippen MR) is 123 cm³/mol. The molecule has 2 heterocycles. The number of ether oxygens (including phenoxy) is 1. The molecule has 35 heavy (non-hydrogen) atoms. The van der Waals surface area contributed by atoms with E-state index in [0.29, 0.717) is 5.56 Å². The molecule has 2 fully saturated rings. The van der Waals surface area contributed by atoms with Gasteiger partial charge in [0.15, 0.2) is 0 Å². The van der Waals surface area contributed by atoms with Crippen molar-refractivity contribution in [2.45, 2.75) is 25.0 Å². The number of halogens is 1. The van der Waals surface area contributed by atoms with Crippen LogP contribution in [0.15, 0.2) is 72.8 Å². The van der Waals surface area contributed by atoms with Crippen LogP contribution in [0.4, 0.5) is 10.1 Å². The molecule has 2 saturated heterocycles. The van der Waals surface area contributed by atoms with Crippen LogP contribution in [0.2, 0.25) is 0 Å². The van der Waals surface area contributed by atoms with Gasteiger partial charge in [-0.25, -0.2) is 9.29 Å². The summed E-state index contributed by atoms with van der Waals surface area (Å²) in [7, 11) is 0. The number of hydrogen-bond donors (Lipinski definition) is 0. The Morgan fingerprint density at radius 2 is 1.51 bits per heavy atom. The summed E-state index contributed by atoms with van der Waals surface area (Å²) < 4.78 is 20.2. The number of fused-ring (bicyclic) bond motifs is 3. The van der Waals surface area contributed by atoms with Crippen LogP contribution in [0.5, 0.6) is 0 Å². The molecule has 7 heteroatoms. The van der Waals surface area contributed by atoms with Crippen molar-refractivity contribution in [1.82, 2.24) is 0 Å². The standard InChI is InChI=1S/C28H20FNO5/c1-2-15-10-12-16(13-11-15)23-21-22(27(34)30(26(21)33)18-7-5-6-17(29)14-18)28(35-23)24(31)19-8-3-4-9-20(19)25(28)32/h3-14,21-23H,2H2,1H3/t21-,22+,23-/m1/s1. The van der Waals surface area contributed by atoms with Crippen molar-refractivity contribution >= 4 is 29.1 Å². The van der Waals surface area contributed by atoms with Crippen LogP contribution in [-0.4, -0.2) is 29.0 Å². The van der Waals surface area contributed by atoms with Gasteiger partial charge in [0.2, 0.25) is 29.0 Å². The second-order valence-corrected chi connectivity index (χ2v) is 9.07. The van der Waals surface area contributed by atoms with E-state index in [-0.39, 0.29) is 16.8 Å². The number of benzene rings is 3. The van der Waals surface area contributed by atoms with E-state index in [1.165, 1.54) is 30.3 Å². The van der Waals surface area contributed by atoms with Crippen molar-refractivity contribution in [3.05, 3.63) is 101 Å². The first-order chi connectivity index (χ1) is 16.9. The van der Waals surface area contributed by atoms with E-state index in [0.717, 1.165) is 23.0 Å². The van der Waals surface area contributed by atoms with E-state index in [4.69, 9.17) is 4.74 Å². The molecule has 1 aliphatic carbocycles. The molecule has 0 saturated carbocycles. The first-order valence-electron chi connectivity index (χ1n) is 11.5. The maximum absolute atomic E-state index is 14.0. The molecule has 3 aromatic carbocycles. The molecule has 3 aliphatic rings. The molecule has 2 amide bonds. The molecule has 174 valence electrons. The molecule has 6 rings (SSSR count). The van der Waals surface area contributed by atoms with Crippen molar-refractivity contribution in [3.63, 3.8) is 0 Å². The second-order valence-electron chi connectivity index (χ2n) is 9.07. The Morgan fingerprint density at radius 3 is 2.11 bits per heavy atom. The van der Waals surface area contributed by atoms with E-state index in [1.807, 2.05) is 19.1 Å². The van der Waals surface area contributed by atoms with Gasteiger partial charge >= 0.3 is 0 Å². The van der Waals surface area contributed by atoms with Crippen molar-refractivity contribution < 1.29 is 28.3 Å². The zero-order chi connectivity index (χ0) is 24.5. The second kappa shape index (κ2) is 7.52. The molecule has 6 nitrogen and oxygen atoms in total. The number of carbonyl (C=O) groups is 4. The Bertz CT molecular complexity index is 1390.